The van der Waals surface area contributed by atoms with Crippen LogP contribution in [0.25, 0.3) is 16.9 Å². The number of rotatable bonds is 4. The molecule has 0 fully saturated rings. The van der Waals surface area contributed by atoms with Crippen molar-refractivity contribution in [3.05, 3.63) is 68.8 Å². The first-order valence-electron chi connectivity index (χ1n) is 7.81. The van der Waals surface area contributed by atoms with Gasteiger partial charge in [-0.15, -0.1) is 0 Å². The maximum absolute atomic E-state index is 6.44. The molecule has 0 bridgehead atoms. The maximum Gasteiger partial charge on any atom is 0.0840 e. The molecule has 3 rings (SSSR count). The third-order valence-electron chi connectivity index (χ3n) is 3.94. The highest BCUT2D eigenvalue weighted by molar-refractivity contribution is 6.35. The normalized spacial score (nSPS) is 11.3. The van der Waals surface area contributed by atoms with E-state index in [0.717, 1.165) is 34.7 Å². The largest absolute Gasteiger partial charge is 0.303 e. The Kier molecular flexibility index (Phi) is 5.40. The Hall–Kier alpha value is -1.52. The van der Waals surface area contributed by atoms with Gasteiger partial charge in [0.2, 0.25) is 0 Å². The molecule has 0 radical (unpaired) electrons. The van der Waals surface area contributed by atoms with Crippen LogP contribution in [0.5, 0.6) is 0 Å². The minimum Gasteiger partial charge on any atom is -0.303 e. The Morgan fingerprint density at radius 1 is 0.960 bits per heavy atom. The molecule has 0 N–H and O–H groups in total. The van der Waals surface area contributed by atoms with Crippen LogP contribution in [0.1, 0.15) is 11.3 Å². The number of benzene rings is 2. The molecule has 0 aliphatic rings. The van der Waals surface area contributed by atoms with Gasteiger partial charge in [-0.25, -0.2) is 4.68 Å². The molecule has 0 unspecified atom stereocenters. The van der Waals surface area contributed by atoms with Gasteiger partial charge in [-0.05, 0) is 56.9 Å². The van der Waals surface area contributed by atoms with Crippen molar-refractivity contribution in [2.24, 2.45) is 0 Å². The van der Waals surface area contributed by atoms with Gasteiger partial charge in [0.1, 0.15) is 0 Å². The molecule has 6 heteroatoms. The summed E-state index contributed by atoms with van der Waals surface area (Å²) in [5.41, 5.74) is 4.94. The summed E-state index contributed by atoms with van der Waals surface area (Å²) in [6.07, 6.45) is 0. The summed E-state index contributed by atoms with van der Waals surface area (Å²) in [4.78, 5) is 2.09. The monoisotopic (exact) mass is 393 g/mol. The SMILES string of the molecule is Cc1c(CN(C)C)nn(-c2ccc(Cl)cc2Cl)c1-c1ccc(Cl)cc1. The fraction of sp³-hybridized carbons (Fsp3) is 0.211. The number of hydrogen-bond acceptors (Lipinski definition) is 2. The van der Waals surface area contributed by atoms with E-state index < -0.39 is 0 Å². The Labute approximate surface area is 162 Å². The minimum atomic E-state index is 0.557. The van der Waals surface area contributed by atoms with Crippen LogP contribution < -0.4 is 0 Å². The molecule has 0 atom stereocenters. The van der Waals surface area contributed by atoms with Gasteiger partial charge in [0.15, 0.2) is 0 Å². The lowest BCUT2D eigenvalue weighted by atomic mass is 10.1. The molecular formula is C19H18Cl3N3. The molecule has 25 heavy (non-hydrogen) atoms. The van der Waals surface area contributed by atoms with Crippen molar-refractivity contribution in [2.75, 3.05) is 14.1 Å². The molecule has 1 heterocycles. The van der Waals surface area contributed by atoms with Crippen LogP contribution >= 0.6 is 34.8 Å². The first kappa shape index (κ1) is 18.3. The van der Waals surface area contributed by atoms with Gasteiger partial charge in [0.05, 0.1) is 22.1 Å². The molecule has 0 saturated carbocycles. The fourth-order valence-corrected chi connectivity index (χ4v) is 3.38. The van der Waals surface area contributed by atoms with Crippen molar-refractivity contribution in [3.63, 3.8) is 0 Å². The Balaban J connectivity index is 2.23. The summed E-state index contributed by atoms with van der Waals surface area (Å²) in [5, 5.41) is 6.68. The van der Waals surface area contributed by atoms with Gasteiger partial charge < -0.3 is 4.90 Å². The molecule has 0 saturated heterocycles. The van der Waals surface area contributed by atoms with E-state index >= 15 is 0 Å². The van der Waals surface area contributed by atoms with Gasteiger partial charge in [-0.1, -0.05) is 46.9 Å². The molecule has 3 aromatic rings. The zero-order chi connectivity index (χ0) is 18.1. The van der Waals surface area contributed by atoms with E-state index in [1.807, 2.05) is 55.2 Å². The topological polar surface area (TPSA) is 21.1 Å². The highest BCUT2D eigenvalue weighted by Gasteiger charge is 2.19. The first-order chi connectivity index (χ1) is 11.9. The molecule has 0 amide bonds. The van der Waals surface area contributed by atoms with Gasteiger partial charge in [0.25, 0.3) is 0 Å². The van der Waals surface area contributed by atoms with Crippen molar-refractivity contribution in [3.8, 4) is 16.9 Å². The van der Waals surface area contributed by atoms with Gasteiger partial charge >= 0.3 is 0 Å². The van der Waals surface area contributed by atoms with Gasteiger partial charge in [-0.3, -0.25) is 0 Å². The van der Waals surface area contributed by atoms with Crippen molar-refractivity contribution in [1.82, 2.24) is 14.7 Å². The average Bonchev–Trinajstić information content (AvgIpc) is 2.84. The average molecular weight is 395 g/mol. The molecule has 3 nitrogen and oxygen atoms in total. The second kappa shape index (κ2) is 7.38. The van der Waals surface area contributed by atoms with E-state index in [1.165, 1.54) is 0 Å². The van der Waals surface area contributed by atoms with Crippen LogP contribution in [0, 0.1) is 6.92 Å². The van der Waals surface area contributed by atoms with Gasteiger partial charge in [0, 0.05) is 22.2 Å². The predicted molar refractivity (Wildman–Crippen MR) is 106 cm³/mol. The van der Waals surface area contributed by atoms with E-state index in [0.29, 0.717) is 15.1 Å². The van der Waals surface area contributed by atoms with Crippen LogP contribution in [0.3, 0.4) is 0 Å². The minimum absolute atomic E-state index is 0.557. The van der Waals surface area contributed by atoms with Crippen LogP contribution in [-0.4, -0.2) is 28.8 Å². The van der Waals surface area contributed by atoms with E-state index in [4.69, 9.17) is 39.9 Å². The van der Waals surface area contributed by atoms with Crippen LogP contribution in [0.2, 0.25) is 15.1 Å². The highest BCUT2D eigenvalue weighted by Crippen LogP contribution is 2.33. The summed E-state index contributed by atoms with van der Waals surface area (Å²) in [5.74, 6) is 0. The molecule has 130 valence electrons. The number of nitrogens with zero attached hydrogens (tertiary/aromatic N) is 3. The highest BCUT2D eigenvalue weighted by atomic mass is 35.5. The molecule has 2 aromatic carbocycles. The van der Waals surface area contributed by atoms with Crippen molar-refractivity contribution in [1.29, 1.82) is 0 Å². The summed E-state index contributed by atoms with van der Waals surface area (Å²) in [7, 11) is 4.05. The second-order valence-electron chi connectivity index (χ2n) is 6.17. The molecule has 0 aliphatic heterocycles. The fourth-order valence-electron chi connectivity index (χ4n) is 2.76. The van der Waals surface area contributed by atoms with Crippen LogP contribution in [0.15, 0.2) is 42.5 Å². The van der Waals surface area contributed by atoms with Gasteiger partial charge in [-0.2, -0.15) is 5.10 Å². The quantitative estimate of drug-likeness (QED) is 0.552. The standard InChI is InChI=1S/C19H18Cl3N3/c1-12-17(11-24(2)3)23-25(18-9-8-15(21)10-16(18)22)19(12)13-4-6-14(20)7-5-13/h4-10H,11H2,1-3H3. The third-order valence-corrected chi connectivity index (χ3v) is 4.73. The van der Waals surface area contributed by atoms with E-state index in [1.54, 1.807) is 6.07 Å². The molecule has 1 aromatic heterocycles. The van der Waals surface area contributed by atoms with Crippen molar-refractivity contribution >= 4 is 34.8 Å². The lowest BCUT2D eigenvalue weighted by Crippen LogP contribution is -2.12. The summed E-state index contributed by atoms with van der Waals surface area (Å²) >= 11 is 18.5. The summed E-state index contributed by atoms with van der Waals surface area (Å²) in [6.45, 7) is 2.82. The lowest BCUT2D eigenvalue weighted by Gasteiger charge is -2.11. The zero-order valence-corrected chi connectivity index (χ0v) is 16.5. The summed E-state index contributed by atoms with van der Waals surface area (Å²) in [6, 6.07) is 13.2. The predicted octanol–water partition coefficient (Wildman–Crippen LogP) is 5.87. The van der Waals surface area contributed by atoms with E-state index in [2.05, 4.69) is 11.8 Å². The lowest BCUT2D eigenvalue weighted by molar-refractivity contribution is 0.394. The molecular weight excluding hydrogens is 377 g/mol. The van der Waals surface area contributed by atoms with Crippen LogP contribution in [-0.2, 0) is 6.54 Å². The van der Waals surface area contributed by atoms with E-state index in [9.17, 15) is 0 Å². The zero-order valence-electron chi connectivity index (χ0n) is 14.2. The molecule has 0 aliphatic carbocycles. The smallest absolute Gasteiger partial charge is 0.0840 e. The number of halogens is 3. The van der Waals surface area contributed by atoms with E-state index in [-0.39, 0.29) is 0 Å². The first-order valence-corrected chi connectivity index (χ1v) is 8.95. The van der Waals surface area contributed by atoms with Crippen molar-refractivity contribution in [2.45, 2.75) is 13.5 Å². The van der Waals surface area contributed by atoms with Crippen molar-refractivity contribution < 1.29 is 0 Å². The van der Waals surface area contributed by atoms with Crippen LogP contribution in [0.4, 0.5) is 0 Å². The Morgan fingerprint density at radius 2 is 1.60 bits per heavy atom. The summed E-state index contributed by atoms with van der Waals surface area (Å²) < 4.78 is 1.88. The maximum atomic E-state index is 6.44. The Morgan fingerprint density at radius 3 is 2.20 bits per heavy atom. The number of aromatic nitrogens is 2. The molecule has 0 spiro atoms. The third kappa shape index (κ3) is 3.85. The number of hydrogen-bond donors (Lipinski definition) is 0. The second-order valence-corrected chi connectivity index (χ2v) is 7.45. The Bertz CT molecular complexity index is 899.